The minimum absolute atomic E-state index is 0.0190. The lowest BCUT2D eigenvalue weighted by Crippen LogP contribution is -2.46. The van der Waals surface area contributed by atoms with Crippen LogP contribution in [0.1, 0.15) is 107 Å². The molecule has 3 saturated heterocycles. The zero-order chi connectivity index (χ0) is 92.0. The number of nitrogens with zero attached hydrogens (tertiary/aromatic N) is 9. The van der Waals surface area contributed by atoms with Gasteiger partial charge < -0.3 is 78.2 Å². The third-order valence-corrected chi connectivity index (χ3v) is 26.5. The van der Waals surface area contributed by atoms with Gasteiger partial charge >= 0.3 is 0 Å². The van der Waals surface area contributed by atoms with E-state index in [4.69, 9.17) is 102 Å². The largest absolute Gasteiger partial charge is 0.495 e. The van der Waals surface area contributed by atoms with Gasteiger partial charge in [0.1, 0.15) is 34.5 Å². The van der Waals surface area contributed by atoms with Crippen molar-refractivity contribution in [1.82, 2.24) is 29.7 Å². The molecule has 5 aromatic heterocycles. The fourth-order valence-electron chi connectivity index (χ4n) is 15.8. The van der Waals surface area contributed by atoms with Crippen molar-refractivity contribution in [2.24, 2.45) is 0 Å². The van der Waals surface area contributed by atoms with E-state index in [9.17, 15) is 28.8 Å². The summed E-state index contributed by atoms with van der Waals surface area (Å²) in [6.45, 7) is 32.0. The molecule has 1 aliphatic carbocycles. The van der Waals surface area contributed by atoms with Crippen LogP contribution in [0.3, 0.4) is 0 Å². The van der Waals surface area contributed by atoms with Crippen molar-refractivity contribution in [2.75, 3.05) is 171 Å². The molecule has 129 heavy (non-hydrogen) atoms. The van der Waals surface area contributed by atoms with Crippen LogP contribution in [0, 0.1) is 0 Å². The average Bonchev–Trinajstić information content (AvgIpc) is 1.70. The van der Waals surface area contributed by atoms with Crippen LogP contribution in [0.25, 0.3) is 27.1 Å². The number of furan rings is 1. The number of allylic oxidation sites excluding steroid dienone is 1. The predicted molar refractivity (Wildman–Crippen MR) is 517 cm³/mol. The maximum Gasteiger partial charge on any atom is 0.247 e. The molecular formula is C97H98Cl6N12O13S. The third-order valence-electron chi connectivity index (χ3n) is 23.1. The Hall–Kier alpha value is -11.5. The molecule has 0 atom stereocenters. The van der Waals surface area contributed by atoms with Crippen LogP contribution in [0.5, 0.6) is 34.5 Å². The van der Waals surface area contributed by atoms with E-state index >= 15 is 0 Å². The Labute approximate surface area is 783 Å². The number of ketones is 3. The number of hydrogen-bond acceptors (Lipinski definition) is 23. The number of piperazine rings is 3. The number of likely N-dealkylation sites (N-methyl/N-ethyl adjacent to an activating group) is 3. The second kappa shape index (κ2) is 43.3. The first kappa shape index (κ1) is 95.1. The molecule has 3 aliphatic heterocycles. The van der Waals surface area contributed by atoms with Crippen LogP contribution >= 0.6 is 80.9 Å². The number of halogens is 6. The Morgan fingerprint density at radius 1 is 0.419 bits per heavy atom. The highest BCUT2D eigenvalue weighted by molar-refractivity contribution is 7.21. The molecule has 672 valence electrons. The number of pyridine rings is 3. The number of Topliss-reactive ketones (excluding diaryl/α,β-unsaturated/α-hetero) is 1. The fourth-order valence-corrected chi connectivity index (χ4v) is 18.7. The molecule has 0 bridgehead atoms. The lowest BCUT2D eigenvalue weighted by Gasteiger charge is -2.35. The van der Waals surface area contributed by atoms with Crippen LogP contribution in [-0.4, -0.2) is 206 Å². The number of carbonyl (C=O) groups excluding carboxylic acids is 6. The van der Waals surface area contributed by atoms with Gasteiger partial charge in [0.05, 0.1) is 105 Å². The van der Waals surface area contributed by atoms with Gasteiger partial charge in [0.2, 0.25) is 29.3 Å². The summed E-state index contributed by atoms with van der Waals surface area (Å²) >= 11 is 40.2. The van der Waals surface area contributed by atoms with E-state index in [1.165, 1.54) is 78.3 Å². The molecule has 32 heteroatoms. The Morgan fingerprint density at radius 2 is 0.767 bits per heavy atom. The van der Waals surface area contributed by atoms with E-state index in [1.54, 1.807) is 36.8 Å². The number of methoxy groups -OCH3 is 6. The molecule has 0 unspecified atom stereocenters. The second-order valence-electron chi connectivity index (χ2n) is 30.6. The van der Waals surface area contributed by atoms with Crippen molar-refractivity contribution in [1.29, 1.82) is 0 Å². The van der Waals surface area contributed by atoms with E-state index in [0.717, 1.165) is 182 Å². The summed E-state index contributed by atoms with van der Waals surface area (Å²) < 4.78 is 38.6. The molecular weight excluding hydrogens is 1790 g/mol. The van der Waals surface area contributed by atoms with E-state index in [1.807, 2.05) is 66.7 Å². The van der Waals surface area contributed by atoms with Gasteiger partial charge in [-0.15, -0.1) is 11.3 Å². The lowest BCUT2D eigenvalue weighted by molar-refractivity contribution is -0.112. The number of anilines is 6. The highest BCUT2D eigenvalue weighted by Crippen LogP contribution is 2.47. The molecule has 4 aliphatic rings. The summed E-state index contributed by atoms with van der Waals surface area (Å²) in [7, 11) is 8.74. The number of ether oxygens (including phenoxy) is 6. The van der Waals surface area contributed by atoms with Crippen LogP contribution < -0.4 is 59.1 Å². The smallest absolute Gasteiger partial charge is 0.247 e. The molecule has 3 fully saturated rings. The zero-order valence-corrected chi connectivity index (χ0v) is 78.3. The Kier molecular flexibility index (Phi) is 31.9. The standard InChI is InChI=1S/C33H34Cl2N4O4.C32H32Cl2N4O5.C32H32Cl2N4O4S/c1-5-29(40)37-26-17-25(39-11-9-38(6-2)10-12-39)8-7-20(26)15-24-16-21-13-22(14-23(21)19-36-24)33(41)30-31(34)27(42-3)18-28(43-4)32(30)35;2*1-5-28(39)36-23-16-22(38-11-9-37(6-2)10-12-38)8-7-19(23)13-21-14-20-15-26(43-27(20)18-35-21)32(40)29-30(33)24(41-3)17-25(42-4)31(29)34/h5,7-8,13,16-19H,1,6,9-12,14-15H2,2-4H3,(H,37,40);2*5,7-8,14-18H,1,6,9-13H2,2-4H3,(H,36,39). The number of fused-ring (bicyclic) bond motifs is 3. The van der Waals surface area contributed by atoms with Crippen molar-refractivity contribution in [3.8, 4) is 34.5 Å². The monoisotopic (exact) mass is 1880 g/mol. The van der Waals surface area contributed by atoms with Crippen molar-refractivity contribution < 1.29 is 61.6 Å². The topological polar surface area (TPSA) is 265 Å². The minimum Gasteiger partial charge on any atom is -0.495 e. The van der Waals surface area contributed by atoms with Crippen molar-refractivity contribution >= 4 is 177 Å². The molecule has 0 saturated carbocycles. The van der Waals surface area contributed by atoms with E-state index in [-0.39, 0.29) is 93.4 Å². The Balaban J connectivity index is 0.000000165. The lowest BCUT2D eigenvalue weighted by atomic mass is 10.0. The van der Waals surface area contributed by atoms with Gasteiger partial charge in [0, 0.05) is 197 Å². The molecule has 3 N–H and O–H groups in total. The SMILES string of the molecule is C=CC(=O)Nc1cc(N2CCN(CC)CC2)ccc1Cc1cc2c(cn1)CC(C(=O)c1c(Cl)c(OC)cc(OC)c1Cl)=C2.C=CC(=O)Nc1cc(N2CCN(CC)CC2)ccc1Cc1cc2cc(C(=O)c3c(Cl)c(OC)cc(OC)c3Cl)oc2cn1.C=CC(=O)Nc1cc(N2CCN(CC)CC2)ccc1Cc1cc2cc(C(=O)c3c(Cl)c(OC)cc(OC)c3Cl)sc2cn1. The molecule has 0 radical (unpaired) electrons. The molecule has 8 heterocycles. The number of rotatable bonds is 30. The first-order chi connectivity index (χ1) is 62.3. The van der Waals surface area contributed by atoms with Gasteiger partial charge in [-0.25, -0.2) is 0 Å². The molecule has 11 aromatic rings. The highest BCUT2D eigenvalue weighted by Gasteiger charge is 2.32. The zero-order valence-electron chi connectivity index (χ0n) is 72.9. The number of thiophene rings is 1. The van der Waals surface area contributed by atoms with Crippen molar-refractivity contribution in [3.05, 3.63) is 268 Å². The number of hydrogen-bond donors (Lipinski definition) is 3. The summed E-state index contributed by atoms with van der Waals surface area (Å²) in [6.07, 6.45) is 12.6. The van der Waals surface area contributed by atoms with Gasteiger partial charge in [0.15, 0.2) is 17.1 Å². The van der Waals surface area contributed by atoms with Crippen LogP contribution in [0.2, 0.25) is 30.1 Å². The summed E-state index contributed by atoms with van der Waals surface area (Å²) in [5, 5.41) is 11.1. The van der Waals surface area contributed by atoms with E-state index < -0.39 is 5.78 Å². The molecule has 6 aromatic carbocycles. The summed E-state index contributed by atoms with van der Waals surface area (Å²) in [6, 6.07) is 32.2. The number of benzene rings is 6. The first-order valence-electron chi connectivity index (χ1n) is 41.8. The molecule has 15 rings (SSSR count). The number of nitrogens with one attached hydrogen (secondary N) is 3. The van der Waals surface area contributed by atoms with Gasteiger partial charge in [-0.3, -0.25) is 43.7 Å². The number of amides is 3. The molecule has 0 spiro atoms. The summed E-state index contributed by atoms with van der Waals surface area (Å²) in [5.74, 6) is -0.237. The second-order valence-corrected chi connectivity index (χ2v) is 34.0. The summed E-state index contributed by atoms with van der Waals surface area (Å²) in [4.78, 5) is 106. The summed E-state index contributed by atoms with van der Waals surface area (Å²) in [5.41, 5.74) is 13.5. The van der Waals surface area contributed by atoms with E-state index in [2.05, 4.69) is 119 Å². The normalized spacial score (nSPS) is 14.0. The van der Waals surface area contributed by atoms with Crippen molar-refractivity contribution in [3.63, 3.8) is 0 Å². The number of aromatic nitrogens is 3. The van der Waals surface area contributed by atoms with Gasteiger partial charge in [-0.05, 0) is 144 Å². The van der Waals surface area contributed by atoms with Crippen LogP contribution in [0.15, 0.2) is 170 Å². The fraction of sp³-hybridized carbons (Fsp3) is 0.289. The first-order valence-corrected chi connectivity index (χ1v) is 44.9. The Morgan fingerprint density at radius 3 is 1.14 bits per heavy atom. The van der Waals surface area contributed by atoms with Gasteiger partial charge in [-0.2, -0.15) is 0 Å². The van der Waals surface area contributed by atoms with Gasteiger partial charge in [-0.1, -0.05) is 128 Å². The minimum atomic E-state index is -0.519. The highest BCUT2D eigenvalue weighted by atomic mass is 35.5. The van der Waals surface area contributed by atoms with Crippen LogP contribution in [-0.2, 0) is 40.1 Å². The average molecular weight is 1880 g/mol. The Bertz CT molecular complexity index is 5840. The van der Waals surface area contributed by atoms with Crippen molar-refractivity contribution in [2.45, 2.75) is 46.5 Å². The quantitative estimate of drug-likeness (QED) is 0.0279. The number of carbonyl (C=O) groups is 6. The van der Waals surface area contributed by atoms with Gasteiger partial charge in [0.25, 0.3) is 0 Å². The predicted octanol–water partition coefficient (Wildman–Crippen LogP) is 19.0. The maximum absolute atomic E-state index is 13.6. The third kappa shape index (κ3) is 21.8. The molecule has 25 nitrogen and oxygen atoms in total. The maximum atomic E-state index is 13.6. The van der Waals surface area contributed by atoms with Crippen LogP contribution in [0.4, 0.5) is 34.1 Å². The molecule has 3 amide bonds. The van der Waals surface area contributed by atoms with E-state index in [0.29, 0.717) is 75.8 Å².